The Hall–Kier alpha value is -3.17. The number of fused-ring (bicyclic) bond motifs is 1. The van der Waals surface area contributed by atoms with Crippen molar-refractivity contribution >= 4 is 23.5 Å². The molecule has 3 heterocycles. The Morgan fingerprint density at radius 3 is 2.66 bits per heavy atom. The van der Waals surface area contributed by atoms with Gasteiger partial charge in [-0.2, -0.15) is 0 Å². The molecule has 5 atom stereocenters. The first-order chi connectivity index (χ1) is 16.9. The number of likely N-dealkylation sites (tertiary alicyclic amines) is 1. The van der Waals surface area contributed by atoms with E-state index in [2.05, 4.69) is 13.2 Å². The number of nitrogens with zero attached hydrogens (tertiary/aromatic N) is 2. The van der Waals surface area contributed by atoms with Crippen LogP contribution in [0, 0.1) is 11.8 Å². The second-order valence-electron chi connectivity index (χ2n) is 8.99. The highest BCUT2D eigenvalue weighted by Crippen LogP contribution is 2.58. The number of aliphatic hydroxyl groups excluding tert-OH is 1. The number of benzene rings is 1. The number of hydrogen-bond donors (Lipinski definition) is 1. The molecule has 0 aliphatic carbocycles. The average molecular weight is 485 g/mol. The first-order valence-corrected chi connectivity index (χ1v) is 11.9. The number of ether oxygens (including phenoxy) is 3. The maximum atomic E-state index is 14.1. The van der Waals surface area contributed by atoms with E-state index >= 15 is 0 Å². The highest BCUT2D eigenvalue weighted by atomic mass is 16.6. The van der Waals surface area contributed by atoms with Crippen molar-refractivity contribution in [2.45, 2.75) is 37.0 Å². The third-order valence-corrected chi connectivity index (χ3v) is 7.18. The molecule has 9 heteroatoms. The predicted octanol–water partition coefficient (Wildman–Crippen LogP) is 1.70. The molecular weight excluding hydrogens is 452 g/mol. The number of hydrogen-bond acceptors (Lipinski definition) is 7. The van der Waals surface area contributed by atoms with Crippen molar-refractivity contribution in [3.8, 4) is 5.75 Å². The summed E-state index contributed by atoms with van der Waals surface area (Å²) >= 11 is 0. The molecule has 3 aliphatic heterocycles. The Morgan fingerprint density at radius 1 is 1.29 bits per heavy atom. The third kappa shape index (κ3) is 4.12. The molecule has 0 saturated carbocycles. The van der Waals surface area contributed by atoms with E-state index in [9.17, 15) is 19.5 Å². The van der Waals surface area contributed by atoms with Crippen molar-refractivity contribution in [3.05, 3.63) is 49.6 Å². The second kappa shape index (κ2) is 10.2. The molecule has 9 nitrogen and oxygen atoms in total. The molecule has 3 fully saturated rings. The van der Waals surface area contributed by atoms with E-state index in [1.807, 2.05) is 0 Å². The van der Waals surface area contributed by atoms with Crippen LogP contribution >= 0.6 is 0 Å². The van der Waals surface area contributed by atoms with Gasteiger partial charge in [0.25, 0.3) is 5.91 Å². The van der Waals surface area contributed by atoms with Gasteiger partial charge in [-0.1, -0.05) is 12.2 Å². The first-order valence-electron chi connectivity index (χ1n) is 11.9. The molecule has 0 aromatic heterocycles. The maximum absolute atomic E-state index is 14.1. The fraction of sp³-hybridized carbons (Fsp3) is 0.500. The lowest BCUT2D eigenvalue weighted by Crippen LogP contribution is -2.56. The number of esters is 1. The van der Waals surface area contributed by atoms with Crippen molar-refractivity contribution in [1.82, 2.24) is 4.90 Å². The molecule has 2 bridgehead atoms. The first kappa shape index (κ1) is 24.9. The lowest BCUT2D eigenvalue weighted by atomic mass is 9.70. The summed E-state index contributed by atoms with van der Waals surface area (Å²) in [6.07, 6.45) is 4.29. The number of amides is 2. The molecule has 2 amide bonds. The van der Waals surface area contributed by atoms with E-state index in [0.29, 0.717) is 30.7 Å². The molecule has 4 rings (SSSR count). The van der Waals surface area contributed by atoms with E-state index in [4.69, 9.17) is 14.2 Å². The summed E-state index contributed by atoms with van der Waals surface area (Å²) in [5, 5.41) is 9.72. The highest BCUT2D eigenvalue weighted by molar-refractivity contribution is 6.04. The van der Waals surface area contributed by atoms with Crippen LogP contribution in [0.1, 0.15) is 19.3 Å². The van der Waals surface area contributed by atoms with Gasteiger partial charge in [0.1, 0.15) is 17.4 Å². The number of carbonyl (C=O) groups excluding carboxylic acids is 3. The smallest absolute Gasteiger partial charge is 0.312 e. The van der Waals surface area contributed by atoms with Crippen LogP contribution in [-0.4, -0.2) is 79.0 Å². The number of anilines is 1. The topological polar surface area (TPSA) is 106 Å². The number of rotatable bonds is 11. The van der Waals surface area contributed by atoms with Crippen LogP contribution in [0.5, 0.6) is 5.75 Å². The molecule has 35 heavy (non-hydrogen) atoms. The van der Waals surface area contributed by atoms with Crippen molar-refractivity contribution in [2.75, 3.05) is 38.3 Å². The van der Waals surface area contributed by atoms with Gasteiger partial charge in [0.2, 0.25) is 5.91 Å². The van der Waals surface area contributed by atoms with Crippen molar-refractivity contribution in [3.63, 3.8) is 0 Å². The fourth-order valence-electron chi connectivity index (χ4n) is 5.75. The van der Waals surface area contributed by atoms with Crippen LogP contribution in [0.25, 0.3) is 0 Å². The maximum Gasteiger partial charge on any atom is 0.312 e. The van der Waals surface area contributed by atoms with Gasteiger partial charge < -0.3 is 29.1 Å². The molecule has 2 unspecified atom stereocenters. The van der Waals surface area contributed by atoms with Gasteiger partial charge in [-0.05, 0) is 43.5 Å². The number of aliphatic hydroxyl groups is 1. The minimum absolute atomic E-state index is 0.0374. The van der Waals surface area contributed by atoms with Gasteiger partial charge in [-0.25, -0.2) is 0 Å². The summed E-state index contributed by atoms with van der Waals surface area (Å²) in [6.45, 7) is 7.44. The van der Waals surface area contributed by atoms with Gasteiger partial charge in [0.15, 0.2) is 0 Å². The third-order valence-electron chi connectivity index (χ3n) is 7.18. The van der Waals surface area contributed by atoms with Crippen LogP contribution in [0.15, 0.2) is 49.6 Å². The summed E-state index contributed by atoms with van der Waals surface area (Å²) in [6, 6.07) is 6.03. The van der Waals surface area contributed by atoms with Crippen molar-refractivity contribution in [2.24, 2.45) is 11.8 Å². The quantitative estimate of drug-likeness (QED) is 0.290. The van der Waals surface area contributed by atoms with Crippen LogP contribution in [-0.2, 0) is 23.9 Å². The lowest BCUT2D eigenvalue weighted by molar-refractivity contribution is -0.155. The molecule has 3 aliphatic rings. The molecule has 1 aromatic rings. The Kier molecular flexibility index (Phi) is 7.28. The van der Waals surface area contributed by atoms with E-state index in [1.165, 1.54) is 9.80 Å². The van der Waals surface area contributed by atoms with E-state index in [-0.39, 0.29) is 38.1 Å². The SMILES string of the molecule is C=CCCOC(=O)[C@@H]1[C@@H]2CCC3(O2)C(C(=O)N(CC=C)c2ccc(OC)cc2)N(CCO)C(=O)[C@H]13. The summed E-state index contributed by atoms with van der Waals surface area (Å²) in [5.41, 5.74) is -0.540. The van der Waals surface area contributed by atoms with Crippen LogP contribution in [0.3, 0.4) is 0 Å². The molecule has 1 N–H and O–H groups in total. The molecular formula is C26H32N2O7. The minimum Gasteiger partial charge on any atom is -0.497 e. The minimum atomic E-state index is -1.15. The Morgan fingerprint density at radius 2 is 2.03 bits per heavy atom. The van der Waals surface area contributed by atoms with Gasteiger partial charge >= 0.3 is 5.97 Å². The monoisotopic (exact) mass is 484 g/mol. The second-order valence-corrected chi connectivity index (χ2v) is 8.99. The normalized spacial score (nSPS) is 28.5. The molecule has 1 aromatic carbocycles. The average Bonchev–Trinajstić information content (AvgIpc) is 3.50. The zero-order chi connectivity index (χ0) is 25.2. The van der Waals surface area contributed by atoms with Gasteiger partial charge in [-0.15, -0.1) is 13.2 Å². The zero-order valence-corrected chi connectivity index (χ0v) is 19.9. The van der Waals surface area contributed by atoms with Crippen LogP contribution < -0.4 is 9.64 Å². The summed E-state index contributed by atoms with van der Waals surface area (Å²) in [7, 11) is 1.56. The Bertz CT molecular complexity index is 994. The number of β-amino-alcohol motifs (C(OH)–C–C–N with tert-alkyl or cyclic N) is 1. The van der Waals surface area contributed by atoms with Gasteiger partial charge in [0.05, 0.1) is 38.3 Å². The zero-order valence-electron chi connectivity index (χ0n) is 19.9. The van der Waals surface area contributed by atoms with E-state index in [0.717, 1.165) is 0 Å². The summed E-state index contributed by atoms with van der Waals surface area (Å²) in [5.74, 6) is -2.17. The summed E-state index contributed by atoms with van der Waals surface area (Å²) in [4.78, 5) is 43.6. The van der Waals surface area contributed by atoms with Crippen LogP contribution in [0.4, 0.5) is 5.69 Å². The van der Waals surface area contributed by atoms with Gasteiger partial charge in [0, 0.05) is 18.8 Å². The predicted molar refractivity (Wildman–Crippen MR) is 128 cm³/mol. The largest absolute Gasteiger partial charge is 0.497 e. The van der Waals surface area contributed by atoms with Crippen molar-refractivity contribution < 1.29 is 33.7 Å². The fourth-order valence-corrected chi connectivity index (χ4v) is 5.75. The van der Waals surface area contributed by atoms with E-state index < -0.39 is 35.6 Å². The summed E-state index contributed by atoms with van der Waals surface area (Å²) < 4.78 is 17.0. The van der Waals surface area contributed by atoms with Crippen LogP contribution in [0.2, 0.25) is 0 Å². The molecule has 3 saturated heterocycles. The number of methoxy groups -OCH3 is 1. The highest BCUT2D eigenvalue weighted by Gasteiger charge is 2.75. The molecule has 1 spiro atoms. The molecule has 188 valence electrons. The lowest BCUT2D eigenvalue weighted by Gasteiger charge is -2.36. The number of carbonyl (C=O) groups is 3. The van der Waals surface area contributed by atoms with Gasteiger partial charge in [-0.3, -0.25) is 14.4 Å². The van der Waals surface area contributed by atoms with E-state index in [1.54, 1.807) is 43.5 Å². The Balaban J connectivity index is 1.69. The Labute approximate surface area is 204 Å². The van der Waals surface area contributed by atoms with Crippen molar-refractivity contribution in [1.29, 1.82) is 0 Å². The molecule has 0 radical (unpaired) electrons. The standard InChI is InChI=1S/C26H32N2O7/c1-4-6-16-34-25(32)20-19-11-12-26(35-19)21(20)23(30)28(14-15-29)22(26)24(31)27(13-5-2)17-7-9-18(33-3)10-8-17/h4-5,7-10,19-22,29H,1-2,6,11-16H2,3H3/t19-,20+,21-,22?,26?/m0/s1.